The van der Waals surface area contributed by atoms with E-state index < -0.39 is 181 Å². The van der Waals surface area contributed by atoms with Gasteiger partial charge in [-0.1, -0.05) is 118 Å². The zero-order valence-corrected chi connectivity index (χ0v) is 65.6. The van der Waals surface area contributed by atoms with Crippen LogP contribution >= 0.6 is 21.6 Å². The maximum absolute atomic E-state index is 15.5. The number of hydrogen-bond donors (Lipinski definition) is 22. The average Bonchev–Trinajstić information content (AvgIpc) is 0.781. The molecule has 4 unspecified atom stereocenters. The lowest BCUT2D eigenvalue weighted by atomic mass is 9.84. The van der Waals surface area contributed by atoms with Crippen LogP contribution in [0, 0.1) is 17.8 Å². The number of amides is 13. The third kappa shape index (κ3) is 33.6. The van der Waals surface area contributed by atoms with Crippen LogP contribution in [0.15, 0.2) is 44.2 Å². The molecule has 112 heavy (non-hydrogen) atoms. The highest BCUT2D eigenvalue weighted by Crippen LogP contribution is 2.30. The molecule has 32 N–H and O–H groups in total. The number of aliphatic carboxylic acids is 1. The Balaban J connectivity index is 1.89. The molecular weight excluding hydrogens is 1500 g/mol. The second kappa shape index (κ2) is 49.0. The van der Waals surface area contributed by atoms with Crippen molar-refractivity contribution in [1.82, 2.24) is 63.4 Å². The number of hydrogen-bond acceptors (Lipinski definition) is 21. The molecule has 2 heterocycles. The zero-order chi connectivity index (χ0) is 83.1. The van der Waals surface area contributed by atoms with E-state index in [1.165, 1.54) is 4.90 Å². The van der Waals surface area contributed by atoms with Gasteiger partial charge in [0.1, 0.15) is 60.4 Å². The first kappa shape index (κ1) is 93.9. The van der Waals surface area contributed by atoms with E-state index in [1.807, 2.05) is 0 Å². The first-order valence-electron chi connectivity index (χ1n) is 37.5. The zero-order valence-electron chi connectivity index (χ0n) is 64.0. The highest BCUT2D eigenvalue weighted by Gasteiger charge is 2.43. The van der Waals surface area contributed by atoms with Crippen LogP contribution in [-0.2, 0) is 80.1 Å². The molecule has 1 aromatic carbocycles. The Bertz CT molecular complexity index is 3510. The van der Waals surface area contributed by atoms with Gasteiger partial charge in [0.2, 0.25) is 76.8 Å². The number of nitrogens with zero attached hydrogens (tertiary/aromatic N) is 5. The normalized spacial score (nSPS) is 24.0. The molecule has 3 aliphatic rings. The van der Waals surface area contributed by atoms with Crippen LogP contribution in [0.5, 0.6) is 0 Å². The van der Waals surface area contributed by atoms with Crippen LogP contribution in [0.4, 0.5) is 0 Å². The predicted molar refractivity (Wildman–Crippen MR) is 422 cm³/mol. The van der Waals surface area contributed by atoms with E-state index in [2.05, 4.69) is 78.5 Å². The summed E-state index contributed by atoms with van der Waals surface area (Å²) in [7, 11) is 1.91. The maximum atomic E-state index is 15.5. The standard InChI is InChI=1S/C69H116N26O15S2/c1-5-36(3)53-64(109)90-46(30-52(98)99)61(106)87-44(23-15-27-83-69(78)79)60(105)94-54(37(4)6-2)65(110)95-33-40-19-11-10-18-39(40)29-49(95)63(108)88-43(22-14-26-82-68(76)77)58(103)91-47(55(71)100)34-111-112-35-48(92-56(101)41(70)20-12-24-80-66(72)73)62(107)89-45(28-38-16-8-7-9-17-38)57(102)85-31-50(96)84-32-51(97)86-42(59(104)93-53)21-13-25-81-67(74)75/h10-11,18-19,36-38,41-49,53-54H,5-9,12-17,20-35,70H2,1-4H3,(H2,71,100)(H,84,96)(H,85,102)(H,86,97)(H,87,106)(H,88,108)(H,89,107)(H,90,109)(H,91,103)(H,92,101)(H,93,104)(H,94,105)(H,98,99)(H4,72,73,80)(H4,74,75,81)(H4,76,77,82)(H4,78,79,83)/t36-,37-,41-,42?,43-,44-,45?,46?,47?,48-,49+,53-,54-/m0/s1. The number of carbonyl (C=O) groups is 14. The number of aliphatic imine (C=N–C) groups is 4. The van der Waals surface area contributed by atoms with Gasteiger partial charge in [-0.2, -0.15) is 0 Å². The van der Waals surface area contributed by atoms with Gasteiger partial charge in [0, 0.05) is 50.7 Å². The number of carboxylic acid groups (broad SMARTS) is 1. The molecule has 4 rings (SSSR count). The summed E-state index contributed by atoms with van der Waals surface area (Å²) < 4.78 is 0. The molecule has 1 saturated carbocycles. The molecule has 624 valence electrons. The second-order valence-corrected chi connectivity index (χ2v) is 30.4. The lowest BCUT2D eigenvalue weighted by Crippen LogP contribution is -2.63. The summed E-state index contributed by atoms with van der Waals surface area (Å²) >= 11 is 0. The monoisotopic (exact) mass is 1610 g/mol. The maximum Gasteiger partial charge on any atom is 0.305 e. The fourth-order valence-corrected chi connectivity index (χ4v) is 14.8. The highest BCUT2D eigenvalue weighted by molar-refractivity contribution is 8.76. The van der Waals surface area contributed by atoms with Crippen molar-refractivity contribution in [2.24, 2.45) is 95.1 Å². The van der Waals surface area contributed by atoms with Crippen molar-refractivity contribution in [1.29, 1.82) is 0 Å². The van der Waals surface area contributed by atoms with Crippen molar-refractivity contribution in [2.45, 2.75) is 216 Å². The van der Waals surface area contributed by atoms with Crippen molar-refractivity contribution in [3.8, 4) is 0 Å². The number of nitrogens with one attached hydrogen (secondary N) is 11. The van der Waals surface area contributed by atoms with E-state index in [1.54, 1.807) is 52.0 Å². The number of nitrogens with two attached hydrogens (primary N) is 10. The second-order valence-electron chi connectivity index (χ2n) is 27.9. The van der Waals surface area contributed by atoms with Crippen molar-refractivity contribution < 1.29 is 72.2 Å². The Kier molecular flexibility index (Phi) is 41.1. The molecule has 1 aliphatic carbocycles. The summed E-state index contributed by atoms with van der Waals surface area (Å²) in [6, 6.07) is -9.38. The summed E-state index contributed by atoms with van der Waals surface area (Å²) in [5, 5.41) is 38.7. The molecule has 1 aromatic rings. The minimum atomic E-state index is -1.95. The number of guanidine groups is 4. The minimum Gasteiger partial charge on any atom is -0.481 e. The van der Waals surface area contributed by atoms with Crippen molar-refractivity contribution in [3.63, 3.8) is 0 Å². The molecule has 0 aromatic heterocycles. The van der Waals surface area contributed by atoms with Crippen LogP contribution in [0.2, 0.25) is 0 Å². The van der Waals surface area contributed by atoms with Crippen LogP contribution in [-0.4, -0.2) is 234 Å². The molecule has 13 amide bonds. The summed E-state index contributed by atoms with van der Waals surface area (Å²) in [4.78, 5) is 217. The minimum absolute atomic E-state index is 0.00186. The molecule has 0 bridgehead atoms. The summed E-state index contributed by atoms with van der Waals surface area (Å²) in [5.41, 5.74) is 58.1. The third-order valence-corrected chi connectivity index (χ3v) is 21.5. The van der Waals surface area contributed by atoms with Gasteiger partial charge in [0.05, 0.1) is 25.6 Å². The van der Waals surface area contributed by atoms with Gasteiger partial charge in [-0.3, -0.25) is 87.1 Å². The van der Waals surface area contributed by atoms with Crippen molar-refractivity contribution in [3.05, 3.63) is 35.4 Å². The molecule has 0 spiro atoms. The number of carbonyl (C=O) groups excluding carboxylic acids is 13. The van der Waals surface area contributed by atoms with Crippen LogP contribution in [0.25, 0.3) is 0 Å². The van der Waals surface area contributed by atoms with Crippen molar-refractivity contribution >= 4 is 128 Å². The van der Waals surface area contributed by atoms with E-state index in [4.69, 9.17) is 57.3 Å². The Labute approximate surface area is 658 Å². The first-order chi connectivity index (χ1) is 53.1. The van der Waals surface area contributed by atoms with Gasteiger partial charge in [0.25, 0.3) is 0 Å². The number of primary amides is 1. The largest absolute Gasteiger partial charge is 0.481 e. The third-order valence-electron chi connectivity index (χ3n) is 19.1. The first-order valence-corrected chi connectivity index (χ1v) is 40.0. The Morgan fingerprint density at radius 1 is 0.536 bits per heavy atom. The number of benzene rings is 1. The fourth-order valence-electron chi connectivity index (χ4n) is 12.4. The van der Waals surface area contributed by atoms with E-state index >= 15 is 9.59 Å². The summed E-state index contributed by atoms with van der Waals surface area (Å²) in [5.74, 6) is -16.7. The van der Waals surface area contributed by atoms with E-state index in [0.29, 0.717) is 24.0 Å². The Morgan fingerprint density at radius 3 is 1.55 bits per heavy atom. The van der Waals surface area contributed by atoms with Crippen LogP contribution in [0.1, 0.15) is 148 Å². The van der Waals surface area contributed by atoms with Gasteiger partial charge >= 0.3 is 5.97 Å². The number of rotatable bonds is 27. The molecule has 0 radical (unpaired) electrons. The van der Waals surface area contributed by atoms with Crippen molar-refractivity contribution in [2.75, 3.05) is 50.8 Å². The van der Waals surface area contributed by atoms with Crippen LogP contribution < -0.4 is 116 Å². The fraction of sp³-hybridized carbons (Fsp3) is 0.652. The average molecular weight is 1610 g/mol. The molecule has 2 fully saturated rings. The molecule has 13 atom stereocenters. The highest BCUT2D eigenvalue weighted by atomic mass is 33.1. The molecule has 2 aliphatic heterocycles. The van der Waals surface area contributed by atoms with Crippen LogP contribution in [0.3, 0.4) is 0 Å². The quantitative estimate of drug-likeness (QED) is 0.0169. The van der Waals surface area contributed by atoms with E-state index in [9.17, 15) is 62.6 Å². The smallest absolute Gasteiger partial charge is 0.305 e. The topological polar surface area (TPSA) is 704 Å². The molecule has 1 saturated heterocycles. The van der Waals surface area contributed by atoms with Gasteiger partial charge in [-0.25, -0.2) is 0 Å². The molecular formula is C69H116N26O15S2. The van der Waals surface area contributed by atoms with Gasteiger partial charge in [-0.05, 0) is 86.7 Å². The molecule has 43 heteroatoms. The van der Waals surface area contributed by atoms with E-state index in [0.717, 1.165) is 40.9 Å². The van der Waals surface area contributed by atoms with Gasteiger partial charge in [0.15, 0.2) is 23.8 Å². The van der Waals surface area contributed by atoms with Gasteiger partial charge in [-0.15, -0.1) is 0 Å². The summed E-state index contributed by atoms with van der Waals surface area (Å²) in [6.45, 7) is 4.90. The predicted octanol–water partition coefficient (Wildman–Crippen LogP) is -6.51. The summed E-state index contributed by atoms with van der Waals surface area (Å²) in [6.07, 6.45) is 3.23. The number of carboxylic acids is 1. The van der Waals surface area contributed by atoms with Gasteiger partial charge < -0.3 is 126 Å². The van der Waals surface area contributed by atoms with E-state index in [-0.39, 0.29) is 151 Å². The Morgan fingerprint density at radius 2 is 1.01 bits per heavy atom. The SMILES string of the molecule is CC[C@H](C)[C@@H]1NC(=O)C(CCCN=C(N)N)NC(=O)CNC(=O)CNC(=O)C(CC2CCCCC2)NC(=O)[C@@H](NC(=O)[C@@H](N)CCCN=C(N)N)CSSCC(C(N)=O)NC(=O)[C@H](CCCN=C(N)N)NC(=O)[C@H]2Cc3ccccc3CN2C(=O)[C@H]([C@@H](C)CC)NC(=O)[C@H](CCCN=C(N)N)NC(=O)C(CC(=O)O)NC1=O. The lowest BCUT2D eigenvalue weighted by Gasteiger charge is -2.40. The molecule has 41 nitrogen and oxygen atoms in total. The lowest BCUT2D eigenvalue weighted by molar-refractivity contribution is -0.147. The Hall–Kier alpha value is -10.5. The number of fused-ring (bicyclic) bond motifs is 2.